The smallest absolute Gasteiger partial charge is 0.244 e. The molecule has 2 saturated heterocycles. The van der Waals surface area contributed by atoms with Crippen LogP contribution in [-0.2, 0) is 4.79 Å². The van der Waals surface area contributed by atoms with Crippen LogP contribution < -0.4 is 5.32 Å². The van der Waals surface area contributed by atoms with Crippen LogP contribution in [0.15, 0.2) is 0 Å². The van der Waals surface area contributed by atoms with Crippen molar-refractivity contribution in [1.29, 1.82) is 0 Å². The van der Waals surface area contributed by atoms with E-state index in [2.05, 4.69) is 24.1 Å². The molecule has 2 heterocycles. The predicted molar refractivity (Wildman–Crippen MR) is 68.5 cm³/mol. The summed E-state index contributed by atoms with van der Waals surface area (Å²) in [5, 5.41) is 3.51. The summed E-state index contributed by atoms with van der Waals surface area (Å²) < 4.78 is 0. The Kier molecular flexibility index (Phi) is 3.50. The molecular formula is C12H22N2OS. The van der Waals surface area contributed by atoms with E-state index in [0.717, 1.165) is 25.0 Å². The van der Waals surface area contributed by atoms with Crippen LogP contribution in [0, 0.1) is 0 Å². The highest BCUT2D eigenvalue weighted by molar-refractivity contribution is 7.99. The van der Waals surface area contributed by atoms with Crippen LogP contribution in [0.5, 0.6) is 0 Å². The number of hydrogen-bond acceptors (Lipinski definition) is 3. The molecule has 0 aliphatic carbocycles. The highest BCUT2D eigenvalue weighted by Crippen LogP contribution is 2.32. The van der Waals surface area contributed by atoms with Crippen LogP contribution >= 0.6 is 11.8 Å². The minimum Gasteiger partial charge on any atom is -0.322 e. The second-order valence-electron chi connectivity index (χ2n) is 4.98. The summed E-state index contributed by atoms with van der Waals surface area (Å²) in [7, 11) is 0. The zero-order chi connectivity index (χ0) is 11.8. The van der Waals surface area contributed by atoms with Gasteiger partial charge in [-0.15, -0.1) is 0 Å². The number of carbonyl (C=O) groups is 1. The summed E-state index contributed by atoms with van der Waals surface area (Å²) in [4.78, 5) is 14.6. The Morgan fingerprint density at radius 1 is 1.56 bits per heavy atom. The summed E-state index contributed by atoms with van der Waals surface area (Å²) in [5.41, 5.74) is -0.325. The second kappa shape index (κ2) is 4.57. The molecule has 3 nitrogen and oxygen atoms in total. The molecule has 0 saturated carbocycles. The molecule has 1 N–H and O–H groups in total. The quantitative estimate of drug-likeness (QED) is 0.819. The lowest BCUT2D eigenvalue weighted by molar-refractivity contribution is -0.134. The van der Waals surface area contributed by atoms with Crippen LogP contribution in [0.4, 0.5) is 0 Å². The third-order valence-electron chi connectivity index (χ3n) is 3.92. The molecule has 0 aromatic rings. The van der Waals surface area contributed by atoms with E-state index >= 15 is 0 Å². The molecule has 0 bridgehead atoms. The van der Waals surface area contributed by atoms with Crippen LogP contribution in [0.25, 0.3) is 0 Å². The van der Waals surface area contributed by atoms with E-state index in [1.165, 1.54) is 5.75 Å². The monoisotopic (exact) mass is 242 g/mol. The molecule has 16 heavy (non-hydrogen) atoms. The van der Waals surface area contributed by atoms with Gasteiger partial charge in [-0.05, 0) is 31.9 Å². The fraction of sp³-hybridized carbons (Fsp3) is 0.917. The van der Waals surface area contributed by atoms with Crippen molar-refractivity contribution in [1.82, 2.24) is 10.2 Å². The van der Waals surface area contributed by atoms with Gasteiger partial charge in [0.15, 0.2) is 0 Å². The Morgan fingerprint density at radius 2 is 2.31 bits per heavy atom. The zero-order valence-corrected chi connectivity index (χ0v) is 11.3. The maximum atomic E-state index is 12.5. The van der Waals surface area contributed by atoms with E-state index in [9.17, 15) is 4.79 Å². The molecule has 92 valence electrons. The molecule has 0 radical (unpaired) electrons. The molecule has 2 aliphatic rings. The lowest BCUT2D eigenvalue weighted by Crippen LogP contribution is -2.45. The molecule has 1 amide bonds. The molecular weight excluding hydrogens is 220 g/mol. The molecule has 0 aromatic carbocycles. The molecule has 3 unspecified atom stereocenters. The van der Waals surface area contributed by atoms with Gasteiger partial charge in [-0.2, -0.15) is 11.8 Å². The van der Waals surface area contributed by atoms with Gasteiger partial charge in [0.25, 0.3) is 0 Å². The first kappa shape index (κ1) is 12.2. The minimum absolute atomic E-state index is 0.251. The van der Waals surface area contributed by atoms with E-state index in [1.807, 2.05) is 18.7 Å². The van der Waals surface area contributed by atoms with E-state index < -0.39 is 0 Å². The first-order valence-corrected chi connectivity index (χ1v) is 7.46. The average molecular weight is 242 g/mol. The normalized spacial score (nSPS) is 39.7. The fourth-order valence-corrected chi connectivity index (χ4v) is 3.84. The van der Waals surface area contributed by atoms with Crippen LogP contribution in [0.2, 0.25) is 0 Å². The van der Waals surface area contributed by atoms with Crippen molar-refractivity contribution in [3.05, 3.63) is 0 Å². The standard InChI is InChI=1S/C12H22N2OS/c1-4-10-13-12(3,5-2)11(15)14(10)9-6-7-16-8-9/h9-10,13H,4-8H2,1-3H3. The molecule has 2 rings (SSSR count). The largest absolute Gasteiger partial charge is 0.322 e. The van der Waals surface area contributed by atoms with Crippen molar-refractivity contribution in [2.24, 2.45) is 0 Å². The summed E-state index contributed by atoms with van der Waals surface area (Å²) in [6.07, 6.45) is 3.29. The van der Waals surface area contributed by atoms with Crippen molar-refractivity contribution in [2.45, 2.75) is 57.8 Å². The van der Waals surface area contributed by atoms with E-state index in [-0.39, 0.29) is 11.7 Å². The molecule has 3 atom stereocenters. The summed E-state index contributed by atoms with van der Waals surface area (Å²) >= 11 is 1.97. The van der Waals surface area contributed by atoms with Gasteiger partial charge >= 0.3 is 0 Å². The lowest BCUT2D eigenvalue weighted by Gasteiger charge is -2.29. The molecule has 0 aromatic heterocycles. The third-order valence-corrected chi connectivity index (χ3v) is 5.07. The average Bonchev–Trinajstić information content (AvgIpc) is 2.87. The Balaban J connectivity index is 2.18. The molecule has 2 aliphatic heterocycles. The Hall–Kier alpha value is -0.220. The number of hydrogen-bond donors (Lipinski definition) is 1. The van der Waals surface area contributed by atoms with E-state index in [0.29, 0.717) is 11.9 Å². The van der Waals surface area contributed by atoms with Crippen molar-refractivity contribution >= 4 is 17.7 Å². The summed E-state index contributed by atoms with van der Waals surface area (Å²) in [6.45, 7) is 6.28. The van der Waals surface area contributed by atoms with Crippen molar-refractivity contribution in [3.63, 3.8) is 0 Å². The topological polar surface area (TPSA) is 32.3 Å². The zero-order valence-electron chi connectivity index (χ0n) is 10.5. The number of nitrogens with one attached hydrogen (secondary N) is 1. The van der Waals surface area contributed by atoms with E-state index in [1.54, 1.807) is 0 Å². The maximum Gasteiger partial charge on any atom is 0.244 e. The Morgan fingerprint density at radius 3 is 2.81 bits per heavy atom. The Bertz CT molecular complexity index is 278. The number of thioether (sulfide) groups is 1. The third kappa shape index (κ3) is 1.86. The first-order chi connectivity index (χ1) is 7.62. The molecule has 2 fully saturated rings. The van der Waals surface area contributed by atoms with Gasteiger partial charge in [-0.1, -0.05) is 13.8 Å². The van der Waals surface area contributed by atoms with Crippen LogP contribution in [0.3, 0.4) is 0 Å². The van der Waals surface area contributed by atoms with E-state index in [4.69, 9.17) is 0 Å². The van der Waals surface area contributed by atoms with Crippen LogP contribution in [0.1, 0.15) is 40.0 Å². The van der Waals surface area contributed by atoms with Gasteiger partial charge in [0.1, 0.15) is 0 Å². The van der Waals surface area contributed by atoms with Crippen molar-refractivity contribution < 1.29 is 4.79 Å². The van der Waals surface area contributed by atoms with Crippen molar-refractivity contribution in [2.75, 3.05) is 11.5 Å². The number of amides is 1. The lowest BCUT2D eigenvalue weighted by atomic mass is 9.99. The van der Waals surface area contributed by atoms with Gasteiger partial charge < -0.3 is 4.90 Å². The SMILES string of the molecule is CCC1NC(C)(CC)C(=O)N1C1CCSC1. The first-order valence-electron chi connectivity index (χ1n) is 6.30. The van der Waals surface area contributed by atoms with Gasteiger partial charge in [-0.3, -0.25) is 10.1 Å². The van der Waals surface area contributed by atoms with Crippen LogP contribution in [-0.4, -0.2) is 40.1 Å². The second-order valence-corrected chi connectivity index (χ2v) is 6.13. The fourth-order valence-electron chi connectivity index (χ4n) is 2.64. The maximum absolute atomic E-state index is 12.5. The number of carbonyl (C=O) groups excluding carboxylic acids is 1. The Labute approximate surface area is 102 Å². The summed E-state index contributed by atoms with van der Waals surface area (Å²) in [5.74, 6) is 2.63. The molecule has 4 heteroatoms. The molecule has 0 spiro atoms. The number of nitrogens with zero attached hydrogens (tertiary/aromatic N) is 1. The van der Waals surface area contributed by atoms with Crippen molar-refractivity contribution in [3.8, 4) is 0 Å². The van der Waals surface area contributed by atoms with Gasteiger partial charge in [0.2, 0.25) is 5.91 Å². The summed E-state index contributed by atoms with van der Waals surface area (Å²) in [6, 6.07) is 0.461. The minimum atomic E-state index is -0.325. The number of rotatable bonds is 3. The highest BCUT2D eigenvalue weighted by Gasteiger charge is 2.48. The predicted octanol–water partition coefficient (Wildman–Crippen LogP) is 1.83. The van der Waals surface area contributed by atoms with Gasteiger partial charge in [0.05, 0.1) is 11.7 Å². The van der Waals surface area contributed by atoms with Gasteiger partial charge in [0, 0.05) is 11.8 Å². The highest BCUT2D eigenvalue weighted by atomic mass is 32.2. The van der Waals surface area contributed by atoms with Gasteiger partial charge in [-0.25, -0.2) is 0 Å².